The Morgan fingerprint density at radius 3 is 2.69 bits per heavy atom. The zero-order chi connectivity index (χ0) is 20.8. The predicted octanol–water partition coefficient (Wildman–Crippen LogP) is 3.33. The summed E-state index contributed by atoms with van der Waals surface area (Å²) in [5.41, 5.74) is 2.76. The minimum Gasteiger partial charge on any atom is -0.455 e. The number of amides is 2. The smallest absolute Gasteiger partial charge is 0.311 e. The molecule has 1 aliphatic rings. The summed E-state index contributed by atoms with van der Waals surface area (Å²) in [7, 11) is 0. The molecule has 152 valence electrons. The molecule has 0 aliphatic carbocycles. The summed E-state index contributed by atoms with van der Waals surface area (Å²) in [4.78, 5) is 38.2. The average molecular weight is 459 g/mol. The van der Waals surface area contributed by atoms with Gasteiger partial charge in [-0.3, -0.25) is 14.4 Å². The molecule has 0 spiro atoms. The van der Waals surface area contributed by atoms with E-state index in [2.05, 4.69) is 21.2 Å². The molecule has 7 heteroatoms. The number of nitrogens with one attached hydrogen (secondary N) is 1. The molecule has 2 amide bonds. The second-order valence-corrected chi connectivity index (χ2v) is 7.95. The fourth-order valence-electron chi connectivity index (χ4n) is 3.23. The number of aryl methyl sites for hydroxylation is 1. The van der Waals surface area contributed by atoms with Gasteiger partial charge >= 0.3 is 5.97 Å². The SMILES string of the molecule is Cc1cc(NC(=O)COC(=O)C2CC(=O)N(CCc3ccccc3)C2)ccc1Br. The Morgan fingerprint density at radius 1 is 1.21 bits per heavy atom. The molecule has 0 radical (unpaired) electrons. The van der Waals surface area contributed by atoms with E-state index in [1.165, 1.54) is 0 Å². The second kappa shape index (κ2) is 9.69. The van der Waals surface area contributed by atoms with Gasteiger partial charge in [-0.2, -0.15) is 0 Å². The summed E-state index contributed by atoms with van der Waals surface area (Å²) in [6.45, 7) is 2.44. The van der Waals surface area contributed by atoms with E-state index in [9.17, 15) is 14.4 Å². The van der Waals surface area contributed by atoms with Crippen LogP contribution in [-0.4, -0.2) is 42.4 Å². The summed E-state index contributed by atoms with van der Waals surface area (Å²) in [6, 6.07) is 15.3. The molecule has 3 rings (SSSR count). The van der Waals surface area contributed by atoms with Gasteiger partial charge in [-0.15, -0.1) is 0 Å². The molecular weight excluding hydrogens is 436 g/mol. The van der Waals surface area contributed by atoms with Gasteiger partial charge in [0.1, 0.15) is 0 Å². The summed E-state index contributed by atoms with van der Waals surface area (Å²) in [5.74, 6) is -1.51. The van der Waals surface area contributed by atoms with Crippen LogP contribution in [0.4, 0.5) is 5.69 Å². The Hall–Kier alpha value is -2.67. The highest BCUT2D eigenvalue weighted by Crippen LogP contribution is 2.21. The van der Waals surface area contributed by atoms with Crippen LogP contribution >= 0.6 is 15.9 Å². The normalized spacial score (nSPS) is 16.0. The van der Waals surface area contributed by atoms with E-state index in [1.807, 2.05) is 49.4 Å². The summed E-state index contributed by atoms with van der Waals surface area (Å²) in [5, 5.41) is 2.70. The predicted molar refractivity (Wildman–Crippen MR) is 113 cm³/mol. The Balaban J connectivity index is 1.43. The lowest BCUT2D eigenvalue weighted by Crippen LogP contribution is -2.29. The van der Waals surface area contributed by atoms with E-state index in [4.69, 9.17) is 4.74 Å². The number of anilines is 1. The van der Waals surface area contributed by atoms with Crippen molar-refractivity contribution in [1.29, 1.82) is 0 Å². The maximum atomic E-state index is 12.3. The molecule has 0 aromatic heterocycles. The number of hydrogen-bond acceptors (Lipinski definition) is 4. The van der Waals surface area contributed by atoms with Gasteiger partial charge in [0.2, 0.25) is 5.91 Å². The Bertz CT molecular complexity index is 901. The largest absolute Gasteiger partial charge is 0.455 e. The monoisotopic (exact) mass is 458 g/mol. The average Bonchev–Trinajstić information content (AvgIpc) is 3.09. The number of halogens is 1. The van der Waals surface area contributed by atoms with Crippen LogP contribution < -0.4 is 5.32 Å². The van der Waals surface area contributed by atoms with Gasteiger partial charge in [-0.25, -0.2) is 0 Å². The molecule has 1 heterocycles. The van der Waals surface area contributed by atoms with Crippen LogP contribution in [0.1, 0.15) is 17.5 Å². The van der Waals surface area contributed by atoms with Crippen LogP contribution in [0.3, 0.4) is 0 Å². The molecule has 6 nitrogen and oxygen atoms in total. The van der Waals surface area contributed by atoms with E-state index >= 15 is 0 Å². The third-order valence-electron chi connectivity index (χ3n) is 4.85. The fourth-order valence-corrected chi connectivity index (χ4v) is 3.48. The number of ether oxygens (including phenoxy) is 1. The summed E-state index contributed by atoms with van der Waals surface area (Å²) in [6.07, 6.45) is 0.866. The van der Waals surface area contributed by atoms with E-state index in [-0.39, 0.29) is 18.9 Å². The third kappa shape index (κ3) is 5.90. The number of likely N-dealkylation sites (tertiary alicyclic amines) is 1. The molecule has 1 saturated heterocycles. The number of nitrogens with zero attached hydrogens (tertiary/aromatic N) is 1. The Kier molecular flexibility index (Phi) is 7.04. The van der Waals surface area contributed by atoms with E-state index in [0.29, 0.717) is 18.8 Å². The topological polar surface area (TPSA) is 75.7 Å². The standard InChI is InChI=1S/C22H23BrN2O4/c1-15-11-18(7-8-19(15)23)24-20(26)14-29-22(28)17-12-21(27)25(13-17)10-9-16-5-3-2-4-6-16/h2-8,11,17H,9-10,12-14H2,1H3,(H,24,26). The molecular formula is C22H23BrN2O4. The lowest BCUT2D eigenvalue weighted by atomic mass is 10.1. The number of carbonyl (C=O) groups is 3. The quantitative estimate of drug-likeness (QED) is 0.645. The molecule has 2 aromatic rings. The van der Waals surface area contributed by atoms with Crippen molar-refractivity contribution in [2.24, 2.45) is 5.92 Å². The van der Waals surface area contributed by atoms with Crippen molar-refractivity contribution < 1.29 is 19.1 Å². The first-order valence-electron chi connectivity index (χ1n) is 9.46. The molecule has 1 aliphatic heterocycles. The molecule has 1 atom stereocenters. The van der Waals surface area contributed by atoms with Crippen molar-refractivity contribution in [2.45, 2.75) is 19.8 Å². The van der Waals surface area contributed by atoms with Crippen molar-refractivity contribution in [3.05, 3.63) is 64.1 Å². The van der Waals surface area contributed by atoms with Crippen LogP contribution in [0, 0.1) is 12.8 Å². The zero-order valence-corrected chi connectivity index (χ0v) is 17.8. The van der Waals surface area contributed by atoms with Gasteiger partial charge in [0.15, 0.2) is 6.61 Å². The maximum Gasteiger partial charge on any atom is 0.311 e. The molecule has 1 N–H and O–H groups in total. The van der Waals surface area contributed by atoms with Gasteiger partial charge in [0.25, 0.3) is 5.91 Å². The lowest BCUT2D eigenvalue weighted by molar-refractivity contribution is -0.151. The first-order chi connectivity index (χ1) is 13.9. The number of carbonyl (C=O) groups excluding carboxylic acids is 3. The maximum absolute atomic E-state index is 12.3. The van der Waals surface area contributed by atoms with Gasteiger partial charge < -0.3 is 15.0 Å². The number of rotatable bonds is 7. The van der Waals surface area contributed by atoms with Gasteiger partial charge in [-0.05, 0) is 42.7 Å². The van der Waals surface area contributed by atoms with Crippen LogP contribution in [-0.2, 0) is 25.5 Å². The van der Waals surface area contributed by atoms with Crippen LogP contribution in [0.5, 0.6) is 0 Å². The fraction of sp³-hybridized carbons (Fsp3) is 0.318. The number of hydrogen-bond donors (Lipinski definition) is 1. The van der Waals surface area contributed by atoms with Crippen molar-refractivity contribution in [1.82, 2.24) is 4.90 Å². The van der Waals surface area contributed by atoms with Crippen molar-refractivity contribution in [2.75, 3.05) is 25.0 Å². The molecule has 0 bridgehead atoms. The third-order valence-corrected chi connectivity index (χ3v) is 5.74. The number of esters is 1. The van der Waals surface area contributed by atoms with E-state index in [1.54, 1.807) is 11.0 Å². The zero-order valence-electron chi connectivity index (χ0n) is 16.2. The first kappa shape index (κ1) is 21.0. The van der Waals surface area contributed by atoms with Gasteiger partial charge in [-0.1, -0.05) is 46.3 Å². The van der Waals surface area contributed by atoms with Gasteiger partial charge in [0.05, 0.1) is 5.92 Å². The molecule has 0 saturated carbocycles. The van der Waals surface area contributed by atoms with Crippen LogP contribution in [0.25, 0.3) is 0 Å². The van der Waals surface area contributed by atoms with Gasteiger partial charge in [0, 0.05) is 29.7 Å². The molecule has 1 unspecified atom stereocenters. The van der Waals surface area contributed by atoms with Crippen molar-refractivity contribution in [3.63, 3.8) is 0 Å². The summed E-state index contributed by atoms with van der Waals surface area (Å²) >= 11 is 3.40. The highest BCUT2D eigenvalue weighted by Gasteiger charge is 2.35. The highest BCUT2D eigenvalue weighted by molar-refractivity contribution is 9.10. The molecule has 2 aromatic carbocycles. The minimum absolute atomic E-state index is 0.0577. The number of benzene rings is 2. The van der Waals surface area contributed by atoms with Crippen molar-refractivity contribution in [3.8, 4) is 0 Å². The Labute approximate surface area is 178 Å². The molecule has 29 heavy (non-hydrogen) atoms. The highest BCUT2D eigenvalue weighted by atomic mass is 79.9. The summed E-state index contributed by atoms with van der Waals surface area (Å²) < 4.78 is 6.08. The minimum atomic E-state index is -0.527. The second-order valence-electron chi connectivity index (χ2n) is 7.10. The van der Waals surface area contributed by atoms with Crippen molar-refractivity contribution >= 4 is 39.4 Å². The molecule has 1 fully saturated rings. The van der Waals surface area contributed by atoms with Crippen LogP contribution in [0.15, 0.2) is 53.0 Å². The lowest BCUT2D eigenvalue weighted by Gasteiger charge is -2.16. The van der Waals surface area contributed by atoms with E-state index in [0.717, 1.165) is 22.0 Å². The van der Waals surface area contributed by atoms with E-state index < -0.39 is 17.8 Å². The first-order valence-corrected chi connectivity index (χ1v) is 10.3. The van der Waals surface area contributed by atoms with Crippen LogP contribution in [0.2, 0.25) is 0 Å². The Morgan fingerprint density at radius 2 is 1.97 bits per heavy atom.